The lowest BCUT2D eigenvalue weighted by atomic mass is 9.32. The Morgan fingerprint density at radius 1 is 0.889 bits per heavy atom. The van der Waals surface area contributed by atoms with E-state index in [1.807, 2.05) is 53.4 Å². The van der Waals surface area contributed by atoms with Crippen LogP contribution in [-0.4, -0.2) is 47.9 Å². The van der Waals surface area contributed by atoms with Gasteiger partial charge in [-0.3, -0.25) is 9.59 Å². The summed E-state index contributed by atoms with van der Waals surface area (Å²) >= 11 is 13.0. The molecule has 0 spiro atoms. The average Bonchev–Trinajstić information content (AvgIpc) is 3.56. The van der Waals surface area contributed by atoms with E-state index < -0.39 is 0 Å². The molecule has 2 bridgehead atoms. The van der Waals surface area contributed by atoms with Crippen molar-refractivity contribution in [2.45, 2.75) is 57.4 Å². The number of phenols is 1. The zero-order chi connectivity index (χ0) is 31.2. The van der Waals surface area contributed by atoms with E-state index in [9.17, 15) is 14.7 Å². The molecule has 9 rings (SSSR count). The summed E-state index contributed by atoms with van der Waals surface area (Å²) < 4.78 is 5.70. The largest absolute Gasteiger partial charge is 0.507 e. The molecule has 6 nitrogen and oxygen atoms in total. The van der Waals surface area contributed by atoms with E-state index in [1.165, 1.54) is 12.5 Å². The quantitative estimate of drug-likeness (QED) is 0.125. The molecule has 3 fully saturated rings. The number of benzene rings is 4. The second-order valence-electron chi connectivity index (χ2n) is 13.9. The van der Waals surface area contributed by atoms with Crippen molar-refractivity contribution in [1.82, 2.24) is 0 Å². The second-order valence-corrected chi connectivity index (χ2v) is 14.5. The van der Waals surface area contributed by atoms with E-state index in [1.54, 1.807) is 6.07 Å². The maximum atomic E-state index is 13.9. The van der Waals surface area contributed by atoms with Crippen LogP contribution in [0.1, 0.15) is 62.5 Å². The Morgan fingerprint density at radius 3 is 2.11 bits per heavy atom. The molecule has 0 saturated heterocycles. The van der Waals surface area contributed by atoms with Gasteiger partial charge in [-0.05, 0) is 58.9 Å². The highest BCUT2D eigenvalue weighted by molar-refractivity contribution is 6.19. The number of aromatic hydroxyl groups is 1. The number of esters is 1. The van der Waals surface area contributed by atoms with Crippen molar-refractivity contribution < 1.29 is 19.4 Å². The van der Waals surface area contributed by atoms with Crippen LogP contribution in [0, 0.1) is 10.8 Å². The molecule has 4 aromatic carbocycles. The third-order valence-corrected chi connectivity index (χ3v) is 12.0. The van der Waals surface area contributed by atoms with Crippen LogP contribution in [0.3, 0.4) is 0 Å². The van der Waals surface area contributed by atoms with Crippen LogP contribution >= 0.6 is 23.2 Å². The molecule has 1 N–H and O–H groups in total. The first-order valence-electron chi connectivity index (χ1n) is 15.9. The van der Waals surface area contributed by atoms with Gasteiger partial charge in [-0.1, -0.05) is 48.5 Å². The van der Waals surface area contributed by atoms with Gasteiger partial charge >= 0.3 is 5.97 Å². The number of nitrogens with zero attached hydrogens (tertiary/aromatic N) is 2. The lowest BCUT2D eigenvalue weighted by Crippen LogP contribution is -2.69. The first kappa shape index (κ1) is 29.0. The van der Waals surface area contributed by atoms with Crippen molar-refractivity contribution >= 4 is 68.0 Å². The Labute approximate surface area is 272 Å². The predicted molar refractivity (Wildman–Crippen MR) is 180 cm³/mol. The predicted octanol–water partition coefficient (Wildman–Crippen LogP) is 8.08. The van der Waals surface area contributed by atoms with Gasteiger partial charge in [0.25, 0.3) is 0 Å². The van der Waals surface area contributed by atoms with E-state index in [0.29, 0.717) is 30.5 Å². The Bertz CT molecular complexity index is 1890. The summed E-state index contributed by atoms with van der Waals surface area (Å²) in [6.07, 6.45) is 3.54. The Hall–Kier alpha value is -3.48. The summed E-state index contributed by atoms with van der Waals surface area (Å²) in [6, 6.07) is 19.9. The molecule has 8 heteroatoms. The topological polar surface area (TPSA) is 70.1 Å². The number of fused-ring (bicyclic) bond motifs is 6. The molecule has 4 aromatic rings. The third kappa shape index (κ3) is 4.21. The van der Waals surface area contributed by atoms with Gasteiger partial charge in [-0.15, -0.1) is 23.2 Å². The second kappa shape index (κ2) is 10.3. The summed E-state index contributed by atoms with van der Waals surface area (Å²) in [7, 11) is 0. The first-order valence-corrected chi connectivity index (χ1v) is 16.9. The van der Waals surface area contributed by atoms with E-state index in [4.69, 9.17) is 27.9 Å². The third-order valence-electron chi connectivity index (χ3n) is 11.3. The summed E-state index contributed by atoms with van der Waals surface area (Å²) in [4.78, 5) is 30.3. The van der Waals surface area contributed by atoms with Crippen molar-refractivity contribution in [2.24, 2.45) is 10.8 Å². The van der Waals surface area contributed by atoms with Crippen LogP contribution in [0.25, 0.3) is 21.5 Å². The highest BCUT2D eigenvalue weighted by Gasteiger charge is 2.71. The highest BCUT2D eigenvalue weighted by atomic mass is 35.5. The molecule has 0 aromatic heterocycles. The van der Waals surface area contributed by atoms with Crippen molar-refractivity contribution in [3.8, 4) is 11.5 Å². The van der Waals surface area contributed by atoms with Crippen LogP contribution in [-0.2, 0) is 9.59 Å². The van der Waals surface area contributed by atoms with Crippen LogP contribution < -0.4 is 14.5 Å². The van der Waals surface area contributed by atoms with Gasteiger partial charge in [-0.2, -0.15) is 0 Å². The lowest BCUT2D eigenvalue weighted by molar-refractivity contribution is -0.216. The summed E-state index contributed by atoms with van der Waals surface area (Å²) in [5.41, 5.74) is 4.36. The van der Waals surface area contributed by atoms with Gasteiger partial charge in [0.05, 0.1) is 5.69 Å². The average molecular weight is 644 g/mol. The number of amides is 1. The number of hydrogen-bond acceptors (Lipinski definition) is 5. The fraction of sp³-hybridized carbons (Fsp3) is 0.405. The van der Waals surface area contributed by atoms with Crippen LogP contribution in [0.2, 0.25) is 0 Å². The van der Waals surface area contributed by atoms with Crippen LogP contribution in [0.5, 0.6) is 11.5 Å². The van der Waals surface area contributed by atoms with Crippen molar-refractivity contribution in [2.75, 3.05) is 34.6 Å². The molecule has 3 saturated carbocycles. The van der Waals surface area contributed by atoms with Gasteiger partial charge in [0.2, 0.25) is 5.91 Å². The standard InChI is InChI=1S/C37H36Cl2N2O4/c1-21(40-16-23(14-38)35-28-10-6-4-8-26(28)32(12-30(35)40)45-22(2)42)37-18-36(19-37,20-37)13-33(44)41-17-24(15-39)34-27-9-5-3-7-25(27)31(43)11-29(34)41/h3-12,21,23-24,43H,13-20H2,1-2H3. The summed E-state index contributed by atoms with van der Waals surface area (Å²) in [5.74, 6) is 1.72. The zero-order valence-electron chi connectivity index (χ0n) is 25.5. The number of alkyl halides is 2. The fourth-order valence-corrected chi connectivity index (χ4v) is 9.93. The fourth-order valence-electron chi connectivity index (χ4n) is 9.43. The molecular formula is C37H36Cl2N2O4. The Kier molecular flexibility index (Phi) is 6.61. The number of anilines is 2. The molecule has 2 aliphatic heterocycles. The first-order chi connectivity index (χ1) is 21.7. The van der Waals surface area contributed by atoms with Crippen molar-refractivity contribution in [1.29, 1.82) is 0 Å². The van der Waals surface area contributed by atoms with Crippen molar-refractivity contribution in [3.05, 3.63) is 71.8 Å². The number of ether oxygens (including phenoxy) is 1. The van der Waals surface area contributed by atoms with Crippen molar-refractivity contribution in [3.63, 3.8) is 0 Å². The molecule has 45 heavy (non-hydrogen) atoms. The molecule has 3 atom stereocenters. The van der Waals surface area contributed by atoms with Gasteiger partial charge < -0.3 is 19.6 Å². The van der Waals surface area contributed by atoms with Gasteiger partial charge in [-0.25, -0.2) is 0 Å². The van der Waals surface area contributed by atoms with Gasteiger partial charge in [0, 0.05) is 84.7 Å². The highest BCUT2D eigenvalue weighted by Crippen LogP contribution is 2.77. The lowest BCUT2D eigenvalue weighted by Gasteiger charge is -2.74. The molecular weight excluding hydrogens is 607 g/mol. The van der Waals surface area contributed by atoms with Crippen LogP contribution in [0.15, 0.2) is 60.7 Å². The van der Waals surface area contributed by atoms with Crippen LogP contribution in [0.4, 0.5) is 11.4 Å². The number of carbonyl (C=O) groups excluding carboxylic acids is 2. The molecule has 3 aliphatic carbocycles. The van der Waals surface area contributed by atoms with E-state index >= 15 is 0 Å². The van der Waals surface area contributed by atoms with E-state index in [0.717, 1.165) is 64.3 Å². The molecule has 5 aliphatic rings. The van der Waals surface area contributed by atoms with Gasteiger partial charge in [0.1, 0.15) is 11.5 Å². The maximum absolute atomic E-state index is 13.9. The number of halogens is 2. The number of rotatable bonds is 7. The maximum Gasteiger partial charge on any atom is 0.308 e. The Balaban J connectivity index is 1.03. The molecule has 1 amide bonds. The minimum atomic E-state index is -0.334. The molecule has 2 heterocycles. The number of phenolic OH excluding ortho intramolecular Hbond substituents is 1. The summed E-state index contributed by atoms with van der Waals surface area (Å²) in [5, 5.41) is 14.6. The SMILES string of the molecule is CC(=O)Oc1cc2c(c3ccccc13)C(CCl)CN2C(C)C12CC(CC(=O)N3CC(CCl)c4c3cc(O)c3ccccc43)(C1)C2. The van der Waals surface area contributed by atoms with E-state index in [-0.39, 0.29) is 46.3 Å². The number of hydrogen-bond donors (Lipinski definition) is 1. The monoisotopic (exact) mass is 642 g/mol. The summed E-state index contributed by atoms with van der Waals surface area (Å²) in [6.45, 7) is 5.12. The smallest absolute Gasteiger partial charge is 0.308 e. The minimum absolute atomic E-state index is 0.0180. The van der Waals surface area contributed by atoms with E-state index in [2.05, 4.69) is 17.9 Å². The molecule has 3 unspecified atom stereocenters. The minimum Gasteiger partial charge on any atom is -0.507 e. The molecule has 0 radical (unpaired) electrons. The Morgan fingerprint density at radius 2 is 1.47 bits per heavy atom. The molecule has 232 valence electrons. The number of carbonyl (C=O) groups is 2. The van der Waals surface area contributed by atoms with Gasteiger partial charge in [0.15, 0.2) is 0 Å². The zero-order valence-corrected chi connectivity index (χ0v) is 27.0. The normalized spacial score (nSPS) is 26.8.